The van der Waals surface area contributed by atoms with E-state index < -0.39 is 10.2 Å². The molecule has 5 nitrogen and oxygen atoms in total. The number of nitrogens with zero attached hydrogens (tertiary/aromatic N) is 1. The van der Waals surface area contributed by atoms with E-state index in [2.05, 4.69) is 133 Å². The molecule has 41 heavy (non-hydrogen) atoms. The molecule has 0 amide bonds. The molecule has 0 unspecified atom stereocenters. The van der Waals surface area contributed by atoms with Crippen LogP contribution < -0.4 is 23.2 Å². The molecular weight excluding hydrogens is 557 g/mol. The number of hydrogen-bond acceptors (Lipinski definition) is 4. The summed E-state index contributed by atoms with van der Waals surface area (Å²) in [5, 5.41) is 1.97. The summed E-state index contributed by atoms with van der Waals surface area (Å²) in [5.41, 5.74) is 10.8. The van der Waals surface area contributed by atoms with Gasteiger partial charge >= 0.3 is 0 Å². The number of pyridine rings is 1. The van der Waals surface area contributed by atoms with E-state index in [1.165, 1.54) is 49.8 Å². The Labute approximate surface area is 245 Å². The molecule has 0 saturated carbocycles. The van der Waals surface area contributed by atoms with E-state index in [4.69, 9.17) is 30.2 Å². The predicted molar refractivity (Wildman–Crippen MR) is 152 cm³/mol. The Morgan fingerprint density at radius 2 is 1.02 bits per heavy atom. The lowest BCUT2D eigenvalue weighted by atomic mass is 9.84. The van der Waals surface area contributed by atoms with Gasteiger partial charge in [0.15, 0.2) is 6.20 Å². The van der Waals surface area contributed by atoms with E-state index in [-0.39, 0.29) is 0 Å². The van der Waals surface area contributed by atoms with Crippen LogP contribution in [0.2, 0.25) is 5.02 Å². The zero-order valence-electron chi connectivity index (χ0n) is 22.0. The lowest BCUT2D eigenvalue weighted by Crippen LogP contribution is -2.68. The van der Waals surface area contributed by atoms with Crippen molar-refractivity contribution < 1.29 is 33.4 Å². The molecule has 5 aromatic carbocycles. The first-order valence-electron chi connectivity index (χ1n) is 12.7. The van der Waals surface area contributed by atoms with Gasteiger partial charge in [-0.05, 0) is 69.3 Å². The second-order valence-electron chi connectivity index (χ2n) is 9.42. The number of benzene rings is 5. The Morgan fingerprint density at radius 1 is 0.537 bits per heavy atom. The lowest BCUT2D eigenvalue weighted by molar-refractivity contribution is -2.00. The molecule has 0 atom stereocenters. The largest absolute Gasteiger partial charge is 0.222 e. The first-order valence-corrected chi connectivity index (χ1v) is 14.3. The summed E-state index contributed by atoms with van der Waals surface area (Å²) in [5.74, 6) is 0. The van der Waals surface area contributed by atoms with Crippen LogP contribution in [0.5, 0.6) is 0 Å². The summed E-state index contributed by atoms with van der Waals surface area (Å²) >= 11 is 6.22. The molecule has 204 valence electrons. The molecule has 0 radical (unpaired) electrons. The Bertz CT molecular complexity index is 1720. The Hall–Kier alpha value is -4.07. The van der Waals surface area contributed by atoms with Crippen LogP contribution in [0.25, 0.3) is 55.4 Å². The van der Waals surface area contributed by atoms with Crippen molar-refractivity contribution in [3.05, 3.63) is 139 Å². The number of fused-ring (bicyclic) bond motifs is 1. The molecule has 0 N–H and O–H groups in total. The van der Waals surface area contributed by atoms with E-state index in [0.717, 1.165) is 10.6 Å². The van der Waals surface area contributed by atoms with Crippen molar-refractivity contribution in [2.24, 2.45) is 7.05 Å². The zero-order chi connectivity index (χ0) is 29.0. The van der Waals surface area contributed by atoms with Crippen LogP contribution in [0.15, 0.2) is 134 Å². The molecule has 0 aliphatic rings. The standard InChI is InChI=1S/C34H25ClN.ClHO4/c1-36-21-20-30(29-14-8-9-15-33(29)36)34-31(25-10-4-2-5-11-25)22-27(24-16-18-28(35)19-17-24)23-32(34)26-12-6-3-7-13-26;2-1(3,4)5/h2-23H,1H3;(H,2,3,4,5)/q+1;/p-1. The molecule has 1 heterocycles. The zero-order valence-corrected chi connectivity index (χ0v) is 23.5. The van der Waals surface area contributed by atoms with Gasteiger partial charge in [-0.25, -0.2) is 23.2 Å². The van der Waals surface area contributed by atoms with Gasteiger partial charge in [-0.15, -0.1) is 10.2 Å². The third kappa shape index (κ3) is 6.81. The minimum absolute atomic E-state index is 0.741. The number of rotatable bonds is 4. The third-order valence-corrected chi connectivity index (χ3v) is 7.05. The van der Waals surface area contributed by atoms with Gasteiger partial charge in [-0.3, -0.25) is 0 Å². The number of para-hydroxylation sites is 1. The van der Waals surface area contributed by atoms with Crippen molar-refractivity contribution in [3.8, 4) is 44.5 Å². The van der Waals surface area contributed by atoms with Crippen LogP contribution >= 0.6 is 11.6 Å². The monoisotopic (exact) mass is 581 g/mol. The Morgan fingerprint density at radius 3 is 1.56 bits per heavy atom. The summed E-state index contributed by atoms with van der Waals surface area (Å²) in [4.78, 5) is 0. The number of aromatic nitrogens is 1. The first-order chi connectivity index (χ1) is 19.7. The second kappa shape index (κ2) is 12.2. The van der Waals surface area contributed by atoms with Crippen LogP contribution in [-0.4, -0.2) is 0 Å². The molecule has 1 aromatic heterocycles. The van der Waals surface area contributed by atoms with Crippen LogP contribution in [0.3, 0.4) is 0 Å². The molecule has 0 bridgehead atoms. The molecule has 6 aromatic rings. The van der Waals surface area contributed by atoms with Crippen molar-refractivity contribution >= 4 is 22.5 Å². The molecule has 0 aliphatic heterocycles. The smallest absolute Gasteiger partial charge is 0.212 e. The average molecular weight is 582 g/mol. The predicted octanol–water partition coefficient (Wildman–Crippen LogP) is 4.23. The van der Waals surface area contributed by atoms with Crippen molar-refractivity contribution in [3.63, 3.8) is 0 Å². The van der Waals surface area contributed by atoms with Gasteiger partial charge in [0.05, 0.1) is 5.39 Å². The average Bonchev–Trinajstić information content (AvgIpc) is 2.97. The first kappa shape index (κ1) is 28.5. The van der Waals surface area contributed by atoms with Crippen LogP contribution in [0, 0.1) is 10.2 Å². The fourth-order valence-corrected chi connectivity index (χ4v) is 5.14. The van der Waals surface area contributed by atoms with Crippen LogP contribution in [0.1, 0.15) is 0 Å². The SMILES string of the molecule is C[n+]1ccc(-c2c(-c3ccccc3)cc(-c3ccc(Cl)cc3)cc2-c2ccccc2)c2ccccc21.[O-][Cl+3]([O-])([O-])[O-]. The summed E-state index contributed by atoms with van der Waals surface area (Å²) in [7, 11) is -2.84. The molecule has 6 rings (SSSR count). The van der Waals surface area contributed by atoms with Gasteiger partial charge in [-0.2, -0.15) is 0 Å². The highest BCUT2D eigenvalue weighted by atomic mass is 35.7. The van der Waals surface area contributed by atoms with Gasteiger partial charge in [0, 0.05) is 22.7 Å². The number of hydrogen-bond donors (Lipinski definition) is 0. The molecule has 0 saturated heterocycles. The van der Waals surface area contributed by atoms with Crippen LogP contribution in [-0.2, 0) is 7.05 Å². The topological polar surface area (TPSA) is 96.1 Å². The molecule has 0 fully saturated rings. The maximum Gasteiger partial charge on any atom is 0.212 e. The third-order valence-electron chi connectivity index (χ3n) is 6.79. The summed E-state index contributed by atoms with van der Waals surface area (Å²) < 4.78 is 36.2. The van der Waals surface area contributed by atoms with Crippen molar-refractivity contribution in [1.82, 2.24) is 0 Å². The van der Waals surface area contributed by atoms with E-state index in [9.17, 15) is 0 Å². The quantitative estimate of drug-likeness (QED) is 0.291. The van der Waals surface area contributed by atoms with Crippen molar-refractivity contribution in [2.45, 2.75) is 0 Å². The number of aryl methyl sites for hydroxylation is 1. The highest BCUT2D eigenvalue weighted by Gasteiger charge is 2.20. The van der Waals surface area contributed by atoms with Gasteiger partial charge in [0.1, 0.15) is 7.05 Å². The molecular formula is C34H25Cl2NO4. The molecule has 7 heteroatoms. The fourth-order valence-electron chi connectivity index (χ4n) is 5.02. The molecule has 0 aliphatic carbocycles. The lowest BCUT2D eigenvalue weighted by Gasteiger charge is -2.20. The van der Waals surface area contributed by atoms with Gasteiger partial charge in [0.25, 0.3) is 0 Å². The minimum Gasteiger partial charge on any atom is -0.222 e. The van der Waals surface area contributed by atoms with Crippen LogP contribution in [0.4, 0.5) is 0 Å². The summed E-state index contributed by atoms with van der Waals surface area (Å²) in [6, 6.07) is 45.0. The minimum atomic E-state index is -4.94. The molecule has 0 spiro atoms. The van der Waals surface area contributed by atoms with Gasteiger partial charge < -0.3 is 0 Å². The van der Waals surface area contributed by atoms with Gasteiger partial charge in [-0.1, -0.05) is 96.5 Å². The maximum absolute atomic E-state index is 8.49. The highest BCUT2D eigenvalue weighted by Crippen LogP contribution is 2.44. The summed E-state index contributed by atoms with van der Waals surface area (Å²) in [6.07, 6.45) is 2.16. The number of halogens is 2. The normalized spacial score (nSPS) is 11.2. The van der Waals surface area contributed by atoms with Crippen molar-refractivity contribution in [1.29, 1.82) is 0 Å². The Balaban J connectivity index is 0.000000623. The Kier molecular flexibility index (Phi) is 8.47. The van der Waals surface area contributed by atoms with Crippen molar-refractivity contribution in [2.75, 3.05) is 0 Å². The van der Waals surface area contributed by atoms with E-state index in [1.807, 2.05) is 12.1 Å². The van der Waals surface area contributed by atoms with E-state index in [1.54, 1.807) is 0 Å². The second-order valence-corrected chi connectivity index (χ2v) is 10.6. The van der Waals surface area contributed by atoms with Gasteiger partial charge in [0.2, 0.25) is 5.52 Å². The maximum atomic E-state index is 8.49. The van der Waals surface area contributed by atoms with E-state index in [0.29, 0.717) is 0 Å². The van der Waals surface area contributed by atoms with E-state index >= 15 is 0 Å². The highest BCUT2D eigenvalue weighted by molar-refractivity contribution is 6.30. The summed E-state index contributed by atoms with van der Waals surface area (Å²) in [6.45, 7) is 0. The fraction of sp³-hybridized carbons (Fsp3) is 0.0294.